The quantitative estimate of drug-likeness (QED) is 0.228. The van der Waals surface area contributed by atoms with Gasteiger partial charge in [0, 0.05) is 6.66 Å². The Morgan fingerprint density at radius 1 is 1.13 bits per heavy atom. The molecule has 1 aliphatic rings. The van der Waals surface area contributed by atoms with Gasteiger partial charge < -0.3 is 34.2 Å². The molecule has 2 aromatic heterocycles. The van der Waals surface area contributed by atoms with E-state index >= 15 is 0 Å². The van der Waals surface area contributed by atoms with Crippen molar-refractivity contribution in [2.45, 2.75) is 24.5 Å². The summed E-state index contributed by atoms with van der Waals surface area (Å²) in [6, 6.07) is 0. The van der Waals surface area contributed by atoms with Crippen LogP contribution in [0.1, 0.15) is 6.23 Å². The van der Waals surface area contributed by atoms with E-state index in [0.717, 1.165) is 13.0 Å². The summed E-state index contributed by atoms with van der Waals surface area (Å²) in [7, 11) is -15.3. The van der Waals surface area contributed by atoms with Crippen molar-refractivity contribution in [3.05, 3.63) is 17.8 Å². The van der Waals surface area contributed by atoms with Crippen LogP contribution in [0.3, 0.4) is 0 Å². The third-order valence-corrected chi connectivity index (χ3v) is 8.44. The maximum absolute atomic E-state index is 12.2. The normalized spacial score (nSPS) is 28.5. The Labute approximate surface area is 178 Å². The summed E-state index contributed by atoms with van der Waals surface area (Å²) >= 11 is 5.92. The number of aliphatic hydroxyl groups is 2. The Hall–Kier alpha value is -0.830. The molecule has 174 valence electrons. The monoisotopic (exact) mass is 524 g/mol. The number of phosphoric acid groups is 2. The minimum Gasteiger partial charge on any atom is -0.387 e. The van der Waals surface area contributed by atoms with Gasteiger partial charge in [0.05, 0.1) is 12.9 Å². The standard InChI is InChI=1S/C11H16ClN4O12P3/c1-29(19,27-31(23,24)28-30(20,21)22)25-2-5-7(17)8(18)11(26-5)16-4-15-6-9(12)13-3-14-10(6)16/h3-5,7-8,11,17-18H,2H2,1H3,(H,23,24)(H2,20,21,22)/t5-,7-,8-,11-,29?/m1/s1. The molecule has 1 fully saturated rings. The predicted molar refractivity (Wildman–Crippen MR) is 99.8 cm³/mol. The first-order chi connectivity index (χ1) is 14.2. The molecule has 0 spiro atoms. The van der Waals surface area contributed by atoms with Crippen LogP contribution in [0.4, 0.5) is 0 Å². The number of imidazole rings is 1. The topological polar surface area (TPSA) is 233 Å². The first-order valence-electron chi connectivity index (χ1n) is 8.07. The average Bonchev–Trinajstić information content (AvgIpc) is 3.13. The zero-order valence-corrected chi connectivity index (χ0v) is 18.7. The molecular formula is C11H16ClN4O12P3. The molecule has 0 amide bonds. The fourth-order valence-electron chi connectivity index (χ4n) is 2.68. The fourth-order valence-corrected chi connectivity index (χ4v) is 6.42. The van der Waals surface area contributed by atoms with E-state index in [1.165, 1.54) is 10.9 Å². The van der Waals surface area contributed by atoms with Crippen LogP contribution < -0.4 is 0 Å². The Balaban J connectivity index is 1.69. The second-order valence-corrected chi connectivity index (χ2v) is 11.6. The van der Waals surface area contributed by atoms with Crippen molar-refractivity contribution in [3.8, 4) is 0 Å². The van der Waals surface area contributed by atoms with E-state index in [1.54, 1.807) is 0 Å². The van der Waals surface area contributed by atoms with Crippen LogP contribution >= 0.6 is 34.8 Å². The van der Waals surface area contributed by atoms with Gasteiger partial charge in [-0.15, -0.1) is 0 Å². The molecule has 1 aliphatic heterocycles. The van der Waals surface area contributed by atoms with Gasteiger partial charge in [0.1, 0.15) is 30.2 Å². The number of fused-ring (bicyclic) bond motifs is 1. The number of aromatic nitrogens is 4. The third-order valence-electron chi connectivity index (χ3n) is 3.86. The van der Waals surface area contributed by atoms with Crippen LogP contribution in [-0.4, -0.2) is 76.0 Å². The zero-order chi connectivity index (χ0) is 23.2. The fraction of sp³-hybridized carbons (Fsp3) is 0.545. The molecule has 20 heteroatoms. The molecule has 31 heavy (non-hydrogen) atoms. The highest BCUT2D eigenvalue weighted by molar-refractivity contribution is 7.68. The molecule has 2 unspecified atom stereocenters. The molecule has 1 saturated heterocycles. The average molecular weight is 525 g/mol. The van der Waals surface area contributed by atoms with E-state index in [9.17, 15) is 28.8 Å². The second kappa shape index (κ2) is 8.84. The van der Waals surface area contributed by atoms with Crippen molar-refractivity contribution in [1.82, 2.24) is 19.5 Å². The first-order valence-corrected chi connectivity index (χ1v) is 13.5. The summed E-state index contributed by atoms with van der Waals surface area (Å²) in [6.45, 7) is 0.0111. The maximum Gasteiger partial charge on any atom is 0.488 e. The number of hydrogen-bond acceptors (Lipinski definition) is 12. The predicted octanol–water partition coefficient (Wildman–Crippen LogP) is 0.165. The third kappa shape index (κ3) is 5.95. The number of aliphatic hydroxyl groups excluding tert-OH is 2. The Bertz CT molecular complexity index is 1110. The largest absolute Gasteiger partial charge is 0.488 e. The van der Waals surface area contributed by atoms with Crippen LogP contribution in [0.25, 0.3) is 11.2 Å². The number of nitrogens with zero attached hydrogens (tertiary/aromatic N) is 4. The Morgan fingerprint density at radius 2 is 1.81 bits per heavy atom. The molecule has 0 aromatic carbocycles. The number of rotatable bonds is 8. The Kier molecular flexibility index (Phi) is 7.07. The van der Waals surface area contributed by atoms with Gasteiger partial charge in [-0.3, -0.25) is 9.13 Å². The highest BCUT2D eigenvalue weighted by Crippen LogP contribution is 2.66. The highest BCUT2D eigenvalue weighted by atomic mass is 35.5. The summed E-state index contributed by atoms with van der Waals surface area (Å²) in [6.07, 6.45) is -3.19. The molecule has 5 N–H and O–H groups in total. The van der Waals surface area contributed by atoms with E-state index in [1.807, 2.05) is 0 Å². The summed E-state index contributed by atoms with van der Waals surface area (Å²) in [5, 5.41) is 20.6. The lowest BCUT2D eigenvalue weighted by Gasteiger charge is -2.20. The number of halogens is 1. The van der Waals surface area contributed by atoms with Crippen LogP contribution in [0.2, 0.25) is 5.15 Å². The summed E-state index contributed by atoms with van der Waals surface area (Å²) in [5.74, 6) is 0. The smallest absolute Gasteiger partial charge is 0.387 e. The van der Waals surface area contributed by atoms with Crippen LogP contribution in [-0.2, 0) is 31.6 Å². The van der Waals surface area contributed by atoms with E-state index in [2.05, 4.69) is 23.6 Å². The molecular weight excluding hydrogens is 509 g/mol. The van der Waals surface area contributed by atoms with E-state index in [0.29, 0.717) is 0 Å². The van der Waals surface area contributed by atoms with Gasteiger partial charge in [0.2, 0.25) is 0 Å². The molecule has 3 rings (SSSR count). The van der Waals surface area contributed by atoms with Gasteiger partial charge >= 0.3 is 23.2 Å². The summed E-state index contributed by atoms with van der Waals surface area (Å²) in [4.78, 5) is 38.2. The highest BCUT2D eigenvalue weighted by Gasteiger charge is 2.46. The van der Waals surface area contributed by atoms with Gasteiger partial charge in [0.25, 0.3) is 0 Å². The lowest BCUT2D eigenvalue weighted by molar-refractivity contribution is -0.0482. The zero-order valence-electron chi connectivity index (χ0n) is 15.3. The van der Waals surface area contributed by atoms with Crippen molar-refractivity contribution in [2.24, 2.45) is 0 Å². The van der Waals surface area contributed by atoms with Gasteiger partial charge in [0.15, 0.2) is 17.0 Å². The minimum atomic E-state index is -5.45. The van der Waals surface area contributed by atoms with Gasteiger partial charge in [-0.1, -0.05) is 11.6 Å². The van der Waals surface area contributed by atoms with Crippen molar-refractivity contribution in [2.75, 3.05) is 13.3 Å². The Morgan fingerprint density at radius 3 is 2.45 bits per heavy atom. The van der Waals surface area contributed by atoms with Crippen LogP contribution in [0.5, 0.6) is 0 Å². The molecule has 0 radical (unpaired) electrons. The van der Waals surface area contributed by atoms with E-state index < -0.39 is 54.4 Å². The molecule has 0 saturated carbocycles. The lowest BCUT2D eigenvalue weighted by atomic mass is 10.1. The maximum atomic E-state index is 12.2. The number of ether oxygens (including phenoxy) is 1. The second-order valence-electron chi connectivity index (χ2n) is 6.22. The molecule has 6 atom stereocenters. The molecule has 3 heterocycles. The van der Waals surface area contributed by atoms with Crippen LogP contribution in [0.15, 0.2) is 12.7 Å². The summed E-state index contributed by atoms with van der Waals surface area (Å²) in [5.41, 5.74) is 0.405. The van der Waals surface area contributed by atoms with E-state index in [-0.39, 0.29) is 16.3 Å². The first kappa shape index (κ1) is 24.8. The van der Waals surface area contributed by atoms with Gasteiger partial charge in [-0.05, 0) is 0 Å². The molecule has 0 aliphatic carbocycles. The molecule has 16 nitrogen and oxygen atoms in total. The number of hydrogen-bond donors (Lipinski definition) is 5. The van der Waals surface area contributed by atoms with E-state index in [4.69, 9.17) is 30.6 Å². The van der Waals surface area contributed by atoms with Crippen molar-refractivity contribution < 1.29 is 56.5 Å². The van der Waals surface area contributed by atoms with Crippen molar-refractivity contribution >= 4 is 46.0 Å². The molecule has 2 aromatic rings. The summed E-state index contributed by atoms with van der Waals surface area (Å²) < 4.78 is 53.8. The molecule has 0 bridgehead atoms. The van der Waals surface area contributed by atoms with Crippen LogP contribution in [0, 0.1) is 0 Å². The lowest BCUT2D eigenvalue weighted by Crippen LogP contribution is -2.33. The van der Waals surface area contributed by atoms with Gasteiger partial charge in [-0.25, -0.2) is 28.4 Å². The van der Waals surface area contributed by atoms with Crippen molar-refractivity contribution in [3.63, 3.8) is 0 Å². The van der Waals surface area contributed by atoms with Gasteiger partial charge in [-0.2, -0.15) is 4.31 Å². The minimum absolute atomic E-state index is 0.0479. The SMILES string of the molecule is CP(=O)(OC[C@H]1O[C@@H](n2cnc3c(Cl)ncnc32)[C@H](O)[C@@H]1O)OP(=O)(O)OP(=O)(O)O. The van der Waals surface area contributed by atoms with Crippen molar-refractivity contribution in [1.29, 1.82) is 0 Å².